The van der Waals surface area contributed by atoms with E-state index in [1.165, 1.54) is 0 Å². The highest BCUT2D eigenvalue weighted by Crippen LogP contribution is 2.18. The van der Waals surface area contributed by atoms with E-state index in [0.717, 1.165) is 12.0 Å². The number of nitrogens with one attached hydrogen (secondary N) is 1. The van der Waals surface area contributed by atoms with Crippen LogP contribution in [0.2, 0.25) is 0 Å². The zero-order valence-electron chi connectivity index (χ0n) is 8.08. The van der Waals surface area contributed by atoms with Gasteiger partial charge in [0.1, 0.15) is 0 Å². The second-order valence-electron chi connectivity index (χ2n) is 2.99. The van der Waals surface area contributed by atoms with Gasteiger partial charge in [0.05, 0.1) is 5.92 Å². The molecule has 1 rings (SSSR count). The Kier molecular flexibility index (Phi) is 3.50. The van der Waals surface area contributed by atoms with Gasteiger partial charge in [-0.3, -0.25) is 4.79 Å². The van der Waals surface area contributed by atoms with E-state index >= 15 is 0 Å². The third-order valence-corrected chi connectivity index (χ3v) is 2.17. The highest BCUT2D eigenvalue weighted by molar-refractivity contribution is 5.83. The molecule has 0 unspecified atom stereocenters. The summed E-state index contributed by atoms with van der Waals surface area (Å²) < 4.78 is 0. The molecule has 1 aromatic rings. The number of carbonyl (C=O) groups is 1. The lowest BCUT2D eigenvalue weighted by Gasteiger charge is -2.12. The van der Waals surface area contributed by atoms with E-state index in [0.29, 0.717) is 0 Å². The van der Waals surface area contributed by atoms with Gasteiger partial charge in [0, 0.05) is 7.05 Å². The van der Waals surface area contributed by atoms with Crippen molar-refractivity contribution >= 4 is 5.91 Å². The van der Waals surface area contributed by atoms with Crippen LogP contribution in [-0.2, 0) is 4.79 Å². The fraction of sp³-hybridized carbons (Fsp3) is 0.364. The number of rotatable bonds is 3. The Hall–Kier alpha value is -1.31. The summed E-state index contributed by atoms with van der Waals surface area (Å²) in [6, 6.07) is 9.86. The Morgan fingerprint density at radius 3 is 2.46 bits per heavy atom. The quantitative estimate of drug-likeness (QED) is 0.751. The first-order valence-electron chi connectivity index (χ1n) is 4.56. The fourth-order valence-corrected chi connectivity index (χ4v) is 1.43. The van der Waals surface area contributed by atoms with Crippen LogP contribution >= 0.6 is 0 Å². The van der Waals surface area contributed by atoms with Crippen molar-refractivity contribution in [1.82, 2.24) is 5.32 Å². The summed E-state index contributed by atoms with van der Waals surface area (Å²) in [4.78, 5) is 11.4. The largest absolute Gasteiger partial charge is 0.359 e. The molecule has 1 amide bonds. The maximum atomic E-state index is 11.4. The van der Waals surface area contributed by atoms with E-state index in [-0.39, 0.29) is 11.8 Å². The molecule has 13 heavy (non-hydrogen) atoms. The Balaban J connectivity index is 2.85. The van der Waals surface area contributed by atoms with Crippen LogP contribution in [0.5, 0.6) is 0 Å². The number of likely N-dealkylation sites (N-methyl/N-ethyl adjacent to an activating group) is 1. The molecule has 70 valence electrons. The van der Waals surface area contributed by atoms with Crippen LogP contribution in [-0.4, -0.2) is 13.0 Å². The molecule has 0 bridgehead atoms. The second-order valence-corrected chi connectivity index (χ2v) is 2.99. The van der Waals surface area contributed by atoms with Gasteiger partial charge in [-0.25, -0.2) is 0 Å². The standard InChI is InChI=1S/C11H15NO/c1-3-10(11(13)12-2)9-7-5-4-6-8-9/h4-8,10H,3H2,1-2H3,(H,12,13)/t10-/m0/s1. The van der Waals surface area contributed by atoms with Crippen LogP contribution in [0.4, 0.5) is 0 Å². The normalized spacial score (nSPS) is 12.2. The van der Waals surface area contributed by atoms with Crippen LogP contribution in [0, 0.1) is 0 Å². The lowest BCUT2D eigenvalue weighted by atomic mass is 9.96. The molecule has 0 saturated heterocycles. The third-order valence-electron chi connectivity index (χ3n) is 2.17. The van der Waals surface area contributed by atoms with E-state index in [4.69, 9.17) is 0 Å². The number of carbonyl (C=O) groups excluding carboxylic acids is 1. The molecule has 2 nitrogen and oxygen atoms in total. The second kappa shape index (κ2) is 4.65. The zero-order chi connectivity index (χ0) is 9.68. The van der Waals surface area contributed by atoms with E-state index in [2.05, 4.69) is 5.32 Å². The van der Waals surface area contributed by atoms with Gasteiger partial charge in [-0.15, -0.1) is 0 Å². The maximum Gasteiger partial charge on any atom is 0.227 e. The molecule has 1 N–H and O–H groups in total. The van der Waals surface area contributed by atoms with E-state index in [1.807, 2.05) is 37.3 Å². The minimum absolute atomic E-state index is 0.00815. The third kappa shape index (κ3) is 2.31. The summed E-state index contributed by atoms with van der Waals surface area (Å²) in [5, 5.41) is 2.68. The van der Waals surface area contributed by atoms with Gasteiger partial charge in [-0.1, -0.05) is 37.3 Å². The van der Waals surface area contributed by atoms with E-state index < -0.39 is 0 Å². The molecule has 0 aliphatic rings. The first kappa shape index (κ1) is 9.78. The summed E-state index contributed by atoms with van der Waals surface area (Å²) in [7, 11) is 1.67. The van der Waals surface area contributed by atoms with Gasteiger partial charge in [0.2, 0.25) is 5.91 Å². The Labute approximate surface area is 79.0 Å². The van der Waals surface area contributed by atoms with Crippen molar-refractivity contribution < 1.29 is 4.79 Å². The number of amides is 1. The van der Waals surface area contributed by atoms with Crippen molar-refractivity contribution in [2.75, 3.05) is 7.05 Å². The molecular formula is C11H15NO. The summed E-state index contributed by atoms with van der Waals surface area (Å²) in [5.74, 6) is 0.0832. The molecule has 0 saturated carbocycles. The summed E-state index contributed by atoms with van der Waals surface area (Å²) in [6.45, 7) is 2.02. The zero-order valence-corrected chi connectivity index (χ0v) is 8.08. The predicted octanol–water partition coefficient (Wildman–Crippen LogP) is 1.93. The first-order chi connectivity index (χ1) is 6.29. The molecule has 0 heterocycles. The average Bonchev–Trinajstić information content (AvgIpc) is 2.20. The highest BCUT2D eigenvalue weighted by atomic mass is 16.1. The van der Waals surface area contributed by atoms with E-state index in [1.54, 1.807) is 7.05 Å². The molecule has 2 heteroatoms. The topological polar surface area (TPSA) is 29.1 Å². The van der Waals surface area contributed by atoms with Gasteiger partial charge in [-0.05, 0) is 12.0 Å². The van der Waals surface area contributed by atoms with Gasteiger partial charge in [-0.2, -0.15) is 0 Å². The smallest absolute Gasteiger partial charge is 0.227 e. The van der Waals surface area contributed by atoms with Crippen molar-refractivity contribution in [2.45, 2.75) is 19.3 Å². The van der Waals surface area contributed by atoms with Crippen molar-refractivity contribution in [3.8, 4) is 0 Å². The molecule has 1 aromatic carbocycles. The minimum Gasteiger partial charge on any atom is -0.359 e. The lowest BCUT2D eigenvalue weighted by molar-refractivity contribution is -0.122. The van der Waals surface area contributed by atoms with Gasteiger partial charge < -0.3 is 5.32 Å². The fourth-order valence-electron chi connectivity index (χ4n) is 1.43. The summed E-state index contributed by atoms with van der Waals surface area (Å²) in [5.41, 5.74) is 1.09. The molecule has 0 aromatic heterocycles. The molecular weight excluding hydrogens is 162 g/mol. The van der Waals surface area contributed by atoms with Gasteiger partial charge in [0.25, 0.3) is 0 Å². The molecule has 0 aliphatic carbocycles. The number of hydrogen-bond donors (Lipinski definition) is 1. The van der Waals surface area contributed by atoms with Gasteiger partial charge >= 0.3 is 0 Å². The molecule has 0 fully saturated rings. The van der Waals surface area contributed by atoms with Crippen molar-refractivity contribution in [2.24, 2.45) is 0 Å². The monoisotopic (exact) mass is 177 g/mol. The number of hydrogen-bond acceptors (Lipinski definition) is 1. The van der Waals surface area contributed by atoms with Crippen molar-refractivity contribution in [3.63, 3.8) is 0 Å². The molecule has 0 aliphatic heterocycles. The summed E-state index contributed by atoms with van der Waals surface area (Å²) in [6.07, 6.45) is 0.837. The Morgan fingerprint density at radius 1 is 1.38 bits per heavy atom. The van der Waals surface area contributed by atoms with E-state index in [9.17, 15) is 4.79 Å². The minimum atomic E-state index is -0.00815. The van der Waals surface area contributed by atoms with Crippen LogP contribution in [0.25, 0.3) is 0 Å². The SMILES string of the molecule is CC[C@H](C(=O)NC)c1ccccc1. The van der Waals surface area contributed by atoms with Crippen LogP contribution in [0.3, 0.4) is 0 Å². The lowest BCUT2D eigenvalue weighted by Crippen LogP contribution is -2.25. The predicted molar refractivity (Wildman–Crippen MR) is 53.5 cm³/mol. The Bertz CT molecular complexity index is 269. The molecule has 1 atom stereocenters. The molecule has 0 radical (unpaired) electrons. The van der Waals surface area contributed by atoms with Crippen molar-refractivity contribution in [3.05, 3.63) is 35.9 Å². The van der Waals surface area contributed by atoms with Crippen LogP contribution in [0.15, 0.2) is 30.3 Å². The van der Waals surface area contributed by atoms with Gasteiger partial charge in [0.15, 0.2) is 0 Å². The average molecular weight is 177 g/mol. The number of benzene rings is 1. The Morgan fingerprint density at radius 2 is 2.00 bits per heavy atom. The molecule has 0 spiro atoms. The highest BCUT2D eigenvalue weighted by Gasteiger charge is 2.15. The van der Waals surface area contributed by atoms with Crippen LogP contribution in [0.1, 0.15) is 24.8 Å². The summed E-state index contributed by atoms with van der Waals surface area (Å²) >= 11 is 0. The van der Waals surface area contributed by atoms with Crippen LogP contribution < -0.4 is 5.32 Å². The van der Waals surface area contributed by atoms with Crippen molar-refractivity contribution in [1.29, 1.82) is 0 Å². The maximum absolute atomic E-state index is 11.4. The first-order valence-corrected chi connectivity index (χ1v) is 4.56.